The van der Waals surface area contributed by atoms with Gasteiger partial charge < -0.3 is 5.11 Å². The number of rotatable bonds is 4. The summed E-state index contributed by atoms with van der Waals surface area (Å²) < 4.78 is 28.2. The fourth-order valence-electron chi connectivity index (χ4n) is 1.55. The first-order valence-corrected chi connectivity index (χ1v) is 8.68. The van der Waals surface area contributed by atoms with Crippen LogP contribution in [-0.2, 0) is 16.6 Å². The highest BCUT2D eigenvalue weighted by atomic mass is 79.9. The van der Waals surface area contributed by atoms with E-state index in [2.05, 4.69) is 36.6 Å². The van der Waals surface area contributed by atoms with Crippen molar-refractivity contribution in [2.45, 2.75) is 11.4 Å². The minimum Gasteiger partial charge on any atom is -0.508 e. The molecule has 2 N–H and O–H groups in total. The molecule has 0 atom stereocenters. The van der Waals surface area contributed by atoms with Crippen LogP contribution in [0.1, 0.15) is 5.56 Å². The van der Waals surface area contributed by atoms with Gasteiger partial charge in [0.05, 0.1) is 4.90 Å². The van der Waals surface area contributed by atoms with Crippen molar-refractivity contribution >= 4 is 41.9 Å². The van der Waals surface area contributed by atoms with Gasteiger partial charge in [0.25, 0.3) is 0 Å². The first-order chi connectivity index (χ1) is 9.38. The van der Waals surface area contributed by atoms with Crippen molar-refractivity contribution in [2.75, 3.05) is 0 Å². The Kier molecular flexibility index (Phi) is 4.85. The predicted octanol–water partition coefficient (Wildman–Crippen LogP) is 3.40. The van der Waals surface area contributed by atoms with Crippen LogP contribution < -0.4 is 4.72 Å². The topological polar surface area (TPSA) is 66.4 Å². The van der Waals surface area contributed by atoms with Gasteiger partial charge in [-0.25, -0.2) is 13.1 Å². The number of aromatic hydroxyl groups is 1. The van der Waals surface area contributed by atoms with E-state index in [1.54, 1.807) is 24.3 Å². The van der Waals surface area contributed by atoms with E-state index in [0.717, 1.165) is 5.56 Å². The molecule has 2 aromatic rings. The van der Waals surface area contributed by atoms with E-state index in [4.69, 9.17) is 0 Å². The highest BCUT2D eigenvalue weighted by Crippen LogP contribution is 2.25. The molecule has 0 fully saturated rings. The minimum absolute atomic E-state index is 0.145. The third-order valence-corrected chi connectivity index (χ3v) is 5.47. The number of phenolic OH excluding ortho intramolecular Hbond substituents is 1. The number of hydrogen-bond acceptors (Lipinski definition) is 3. The summed E-state index contributed by atoms with van der Waals surface area (Å²) >= 11 is 6.48. The fraction of sp³-hybridized carbons (Fsp3) is 0.0769. The lowest BCUT2D eigenvalue weighted by atomic mass is 10.2. The smallest absolute Gasteiger partial charge is 0.242 e. The lowest BCUT2D eigenvalue weighted by molar-refractivity contribution is 0.475. The molecule has 0 amide bonds. The van der Waals surface area contributed by atoms with Gasteiger partial charge in [-0.15, -0.1) is 0 Å². The number of benzene rings is 2. The van der Waals surface area contributed by atoms with Crippen LogP contribution in [0, 0.1) is 0 Å². The minimum atomic E-state index is -3.61. The molecule has 0 heterocycles. The maximum atomic E-state index is 12.2. The summed E-state index contributed by atoms with van der Waals surface area (Å²) in [5, 5.41) is 9.18. The Bertz CT molecular complexity index is 715. The van der Waals surface area contributed by atoms with Crippen molar-refractivity contribution in [3.63, 3.8) is 0 Å². The fourth-order valence-corrected chi connectivity index (χ4v) is 4.07. The van der Waals surface area contributed by atoms with E-state index in [1.807, 2.05) is 0 Å². The summed E-state index contributed by atoms with van der Waals surface area (Å²) in [6.07, 6.45) is 0. The molecule has 4 nitrogen and oxygen atoms in total. The van der Waals surface area contributed by atoms with Crippen LogP contribution in [-0.4, -0.2) is 13.5 Å². The van der Waals surface area contributed by atoms with Gasteiger partial charge in [-0.05, 0) is 51.8 Å². The normalized spacial score (nSPS) is 11.5. The van der Waals surface area contributed by atoms with Crippen LogP contribution in [0.2, 0.25) is 0 Å². The molecule has 0 radical (unpaired) electrons. The lowest BCUT2D eigenvalue weighted by Gasteiger charge is -2.09. The summed E-state index contributed by atoms with van der Waals surface area (Å²) in [6, 6.07) is 11.3. The van der Waals surface area contributed by atoms with Gasteiger partial charge in [-0.3, -0.25) is 0 Å². The van der Waals surface area contributed by atoms with Gasteiger partial charge in [-0.1, -0.05) is 28.1 Å². The molecule has 20 heavy (non-hydrogen) atoms. The van der Waals surface area contributed by atoms with Crippen molar-refractivity contribution in [3.8, 4) is 5.75 Å². The molecule has 2 rings (SSSR count). The molecule has 0 saturated heterocycles. The zero-order valence-corrected chi connectivity index (χ0v) is 14.2. The molecule has 0 aliphatic heterocycles. The SMILES string of the molecule is O=S(=O)(NCc1ccc(O)cc1)c1cc(Br)ccc1Br. The molecule has 0 bridgehead atoms. The highest BCUT2D eigenvalue weighted by molar-refractivity contribution is 9.11. The monoisotopic (exact) mass is 419 g/mol. The maximum Gasteiger partial charge on any atom is 0.242 e. The van der Waals surface area contributed by atoms with Crippen LogP contribution in [0.4, 0.5) is 0 Å². The maximum absolute atomic E-state index is 12.2. The van der Waals surface area contributed by atoms with E-state index in [-0.39, 0.29) is 17.2 Å². The lowest BCUT2D eigenvalue weighted by Crippen LogP contribution is -2.23. The molecular formula is C13H11Br2NO3S. The second-order valence-electron chi connectivity index (χ2n) is 4.07. The number of hydrogen-bond donors (Lipinski definition) is 2. The van der Waals surface area contributed by atoms with Gasteiger partial charge in [0.15, 0.2) is 0 Å². The largest absolute Gasteiger partial charge is 0.508 e. The molecule has 0 aromatic heterocycles. The molecule has 0 saturated carbocycles. The van der Waals surface area contributed by atoms with Gasteiger partial charge in [0.1, 0.15) is 5.75 Å². The zero-order chi connectivity index (χ0) is 14.8. The van der Waals surface area contributed by atoms with Gasteiger partial charge >= 0.3 is 0 Å². The quantitative estimate of drug-likeness (QED) is 0.796. The molecule has 106 valence electrons. The summed E-state index contributed by atoms with van der Waals surface area (Å²) in [6.45, 7) is 0.154. The number of halogens is 2. The van der Waals surface area contributed by atoms with E-state index in [9.17, 15) is 13.5 Å². The Hall–Kier alpha value is -0.890. The van der Waals surface area contributed by atoms with Crippen LogP contribution in [0.15, 0.2) is 56.3 Å². The van der Waals surface area contributed by atoms with Crippen molar-refractivity contribution < 1.29 is 13.5 Å². The average Bonchev–Trinajstić information content (AvgIpc) is 2.41. The van der Waals surface area contributed by atoms with Crippen molar-refractivity contribution in [3.05, 3.63) is 57.0 Å². The van der Waals surface area contributed by atoms with Crippen molar-refractivity contribution in [2.24, 2.45) is 0 Å². The number of nitrogens with one attached hydrogen (secondary N) is 1. The summed E-state index contributed by atoms with van der Waals surface area (Å²) in [7, 11) is -3.61. The van der Waals surface area contributed by atoms with E-state index < -0.39 is 10.0 Å². The molecule has 0 unspecified atom stereocenters. The molecule has 0 aliphatic carbocycles. The van der Waals surface area contributed by atoms with E-state index >= 15 is 0 Å². The standard InChI is InChI=1S/C13H11Br2NO3S/c14-10-3-6-12(15)13(7-10)20(18,19)16-8-9-1-4-11(17)5-2-9/h1-7,16-17H,8H2. The van der Waals surface area contributed by atoms with Gasteiger partial charge in [0.2, 0.25) is 10.0 Å². The second-order valence-corrected chi connectivity index (χ2v) is 7.57. The Morgan fingerprint density at radius 3 is 2.35 bits per heavy atom. The summed E-state index contributed by atoms with van der Waals surface area (Å²) in [4.78, 5) is 0.172. The number of phenols is 1. The number of sulfonamides is 1. The van der Waals surface area contributed by atoms with Crippen LogP contribution in [0.3, 0.4) is 0 Å². The molecule has 2 aromatic carbocycles. The summed E-state index contributed by atoms with van der Waals surface area (Å²) in [5.41, 5.74) is 0.762. The third kappa shape index (κ3) is 3.82. The second kappa shape index (κ2) is 6.26. The highest BCUT2D eigenvalue weighted by Gasteiger charge is 2.17. The Labute approximate surface area is 134 Å². The molecule has 7 heteroatoms. The Balaban J connectivity index is 2.19. The van der Waals surface area contributed by atoms with Crippen molar-refractivity contribution in [1.29, 1.82) is 0 Å². The van der Waals surface area contributed by atoms with E-state index in [1.165, 1.54) is 18.2 Å². The van der Waals surface area contributed by atoms with Crippen LogP contribution in [0.5, 0.6) is 5.75 Å². The third-order valence-electron chi connectivity index (χ3n) is 2.59. The van der Waals surface area contributed by atoms with Gasteiger partial charge in [0, 0.05) is 15.5 Å². The van der Waals surface area contributed by atoms with Crippen molar-refractivity contribution in [1.82, 2.24) is 4.72 Å². The first kappa shape index (κ1) is 15.5. The van der Waals surface area contributed by atoms with Crippen LogP contribution in [0.25, 0.3) is 0 Å². The predicted molar refractivity (Wildman–Crippen MR) is 84.0 cm³/mol. The Morgan fingerprint density at radius 1 is 1.05 bits per heavy atom. The summed E-state index contributed by atoms with van der Waals surface area (Å²) in [5.74, 6) is 0.145. The molecular weight excluding hydrogens is 410 g/mol. The van der Waals surface area contributed by atoms with Gasteiger partial charge in [-0.2, -0.15) is 0 Å². The van der Waals surface area contributed by atoms with Crippen LogP contribution >= 0.6 is 31.9 Å². The Morgan fingerprint density at radius 2 is 1.70 bits per heavy atom. The molecule has 0 aliphatic rings. The average molecular weight is 421 g/mol. The zero-order valence-electron chi connectivity index (χ0n) is 10.2. The first-order valence-electron chi connectivity index (χ1n) is 5.61. The van der Waals surface area contributed by atoms with E-state index in [0.29, 0.717) is 8.95 Å². The molecule has 0 spiro atoms.